The van der Waals surface area contributed by atoms with E-state index < -0.39 is 0 Å². The van der Waals surface area contributed by atoms with E-state index in [-0.39, 0.29) is 23.8 Å². The summed E-state index contributed by atoms with van der Waals surface area (Å²) >= 11 is 3.36. The van der Waals surface area contributed by atoms with Gasteiger partial charge in [-0.05, 0) is 37.1 Å². The zero-order valence-corrected chi connectivity index (χ0v) is 14.0. The van der Waals surface area contributed by atoms with Crippen LogP contribution >= 0.6 is 15.9 Å². The van der Waals surface area contributed by atoms with Crippen molar-refractivity contribution in [3.05, 3.63) is 34.3 Å². The molecular weight excluding hydrogens is 332 g/mol. The van der Waals surface area contributed by atoms with E-state index in [2.05, 4.69) is 21.2 Å². The minimum Gasteiger partial charge on any atom is -0.349 e. The van der Waals surface area contributed by atoms with Gasteiger partial charge >= 0.3 is 0 Å². The molecule has 0 aliphatic carbocycles. The summed E-state index contributed by atoms with van der Waals surface area (Å²) in [5, 5.41) is 3.05. The van der Waals surface area contributed by atoms with Gasteiger partial charge in [-0.2, -0.15) is 0 Å². The summed E-state index contributed by atoms with van der Waals surface area (Å²) in [7, 11) is 0. The van der Waals surface area contributed by atoms with Gasteiger partial charge in [-0.3, -0.25) is 9.59 Å². The van der Waals surface area contributed by atoms with E-state index in [9.17, 15) is 9.59 Å². The minimum absolute atomic E-state index is 0.0407. The Balaban J connectivity index is 1.84. The number of likely N-dealkylation sites (tertiary alicyclic amines) is 1. The summed E-state index contributed by atoms with van der Waals surface area (Å²) in [6.07, 6.45) is 1.64. The molecule has 1 saturated heterocycles. The van der Waals surface area contributed by atoms with E-state index in [1.165, 1.54) is 0 Å². The fourth-order valence-corrected chi connectivity index (χ4v) is 2.74. The van der Waals surface area contributed by atoms with Gasteiger partial charge < -0.3 is 10.2 Å². The average Bonchev–Trinajstić information content (AvgIpc) is 2.47. The van der Waals surface area contributed by atoms with Crippen LogP contribution in [0.2, 0.25) is 0 Å². The van der Waals surface area contributed by atoms with Gasteiger partial charge in [-0.25, -0.2) is 0 Å². The van der Waals surface area contributed by atoms with Crippen molar-refractivity contribution in [2.24, 2.45) is 5.92 Å². The SMILES string of the molecule is CC(C)C(=O)N1CCC(NC(=O)c2ccc(Br)cc2)CC1. The smallest absolute Gasteiger partial charge is 0.251 e. The summed E-state index contributed by atoms with van der Waals surface area (Å²) in [5.41, 5.74) is 0.666. The Labute approximate surface area is 134 Å². The number of carbonyl (C=O) groups excluding carboxylic acids is 2. The summed E-state index contributed by atoms with van der Waals surface area (Å²) in [6, 6.07) is 7.48. The first-order chi connectivity index (χ1) is 9.97. The van der Waals surface area contributed by atoms with E-state index in [1.807, 2.05) is 30.9 Å². The number of piperidine rings is 1. The molecule has 0 spiro atoms. The van der Waals surface area contributed by atoms with Gasteiger partial charge in [0.1, 0.15) is 0 Å². The van der Waals surface area contributed by atoms with E-state index >= 15 is 0 Å². The third kappa shape index (κ3) is 4.30. The predicted molar refractivity (Wildman–Crippen MR) is 86.0 cm³/mol. The molecule has 2 rings (SSSR count). The Bertz CT molecular complexity index is 506. The number of nitrogens with zero attached hydrogens (tertiary/aromatic N) is 1. The number of carbonyl (C=O) groups is 2. The number of amides is 2. The highest BCUT2D eigenvalue weighted by Gasteiger charge is 2.25. The maximum absolute atomic E-state index is 12.1. The van der Waals surface area contributed by atoms with Crippen LogP contribution in [0.3, 0.4) is 0 Å². The summed E-state index contributed by atoms with van der Waals surface area (Å²) in [6.45, 7) is 5.29. The van der Waals surface area contributed by atoms with Crippen LogP contribution in [0.15, 0.2) is 28.7 Å². The lowest BCUT2D eigenvalue weighted by molar-refractivity contribution is -0.135. The second-order valence-electron chi connectivity index (χ2n) is 5.73. The molecular formula is C16H21BrN2O2. The second-order valence-corrected chi connectivity index (χ2v) is 6.65. The number of rotatable bonds is 3. The number of nitrogens with one attached hydrogen (secondary N) is 1. The van der Waals surface area contributed by atoms with Gasteiger partial charge in [0.2, 0.25) is 5.91 Å². The molecule has 21 heavy (non-hydrogen) atoms. The molecule has 1 aromatic carbocycles. The van der Waals surface area contributed by atoms with Crippen LogP contribution in [-0.4, -0.2) is 35.8 Å². The Morgan fingerprint density at radius 2 is 1.76 bits per heavy atom. The van der Waals surface area contributed by atoms with Gasteiger partial charge in [0, 0.05) is 35.1 Å². The van der Waals surface area contributed by atoms with Crippen molar-refractivity contribution >= 4 is 27.7 Å². The molecule has 1 N–H and O–H groups in total. The Hall–Kier alpha value is -1.36. The van der Waals surface area contributed by atoms with Crippen molar-refractivity contribution < 1.29 is 9.59 Å². The van der Waals surface area contributed by atoms with Gasteiger partial charge in [-0.15, -0.1) is 0 Å². The highest BCUT2D eigenvalue weighted by molar-refractivity contribution is 9.10. The maximum Gasteiger partial charge on any atom is 0.251 e. The quantitative estimate of drug-likeness (QED) is 0.909. The topological polar surface area (TPSA) is 49.4 Å². The fraction of sp³-hybridized carbons (Fsp3) is 0.500. The van der Waals surface area contributed by atoms with Gasteiger partial charge in [0.25, 0.3) is 5.91 Å². The third-order valence-corrected chi connectivity index (χ3v) is 4.27. The molecule has 1 aliphatic rings. The number of hydrogen-bond acceptors (Lipinski definition) is 2. The molecule has 1 aromatic rings. The van der Waals surface area contributed by atoms with Crippen LogP contribution in [0.25, 0.3) is 0 Å². The average molecular weight is 353 g/mol. The molecule has 2 amide bonds. The lowest BCUT2D eigenvalue weighted by Crippen LogP contribution is -2.47. The molecule has 1 heterocycles. The zero-order chi connectivity index (χ0) is 15.4. The van der Waals surface area contributed by atoms with E-state index in [0.717, 1.165) is 30.4 Å². The lowest BCUT2D eigenvalue weighted by atomic mass is 10.0. The zero-order valence-electron chi connectivity index (χ0n) is 12.4. The molecule has 0 bridgehead atoms. The largest absolute Gasteiger partial charge is 0.349 e. The standard InChI is InChI=1S/C16H21BrN2O2/c1-11(2)16(21)19-9-7-14(8-10-19)18-15(20)12-3-5-13(17)6-4-12/h3-6,11,14H,7-10H2,1-2H3,(H,18,20). The lowest BCUT2D eigenvalue weighted by Gasteiger charge is -2.33. The Morgan fingerprint density at radius 1 is 1.19 bits per heavy atom. The van der Waals surface area contributed by atoms with Crippen molar-refractivity contribution in [3.8, 4) is 0 Å². The molecule has 0 atom stereocenters. The molecule has 4 nitrogen and oxygen atoms in total. The first-order valence-electron chi connectivity index (χ1n) is 7.32. The van der Waals surface area contributed by atoms with Crippen molar-refractivity contribution in [2.75, 3.05) is 13.1 Å². The molecule has 0 radical (unpaired) electrons. The molecule has 1 aliphatic heterocycles. The highest BCUT2D eigenvalue weighted by Crippen LogP contribution is 2.15. The number of halogens is 1. The van der Waals surface area contributed by atoms with Crippen LogP contribution in [0.5, 0.6) is 0 Å². The number of benzene rings is 1. The monoisotopic (exact) mass is 352 g/mol. The fourth-order valence-electron chi connectivity index (χ4n) is 2.48. The van der Waals surface area contributed by atoms with Crippen LogP contribution in [0.1, 0.15) is 37.0 Å². The van der Waals surface area contributed by atoms with Crippen molar-refractivity contribution in [2.45, 2.75) is 32.7 Å². The summed E-state index contributed by atoms with van der Waals surface area (Å²) < 4.78 is 0.958. The second kappa shape index (κ2) is 7.07. The maximum atomic E-state index is 12.1. The predicted octanol–water partition coefficient (Wildman–Crippen LogP) is 2.83. The first-order valence-corrected chi connectivity index (χ1v) is 8.12. The van der Waals surface area contributed by atoms with Gasteiger partial charge in [-0.1, -0.05) is 29.8 Å². The van der Waals surface area contributed by atoms with Crippen LogP contribution in [0, 0.1) is 5.92 Å². The molecule has 0 aromatic heterocycles. The van der Waals surface area contributed by atoms with Crippen LogP contribution < -0.4 is 5.32 Å². The van der Waals surface area contributed by atoms with E-state index in [1.54, 1.807) is 12.1 Å². The summed E-state index contributed by atoms with van der Waals surface area (Å²) in [4.78, 5) is 26.0. The molecule has 1 fully saturated rings. The molecule has 114 valence electrons. The summed E-state index contributed by atoms with van der Waals surface area (Å²) in [5.74, 6) is 0.197. The minimum atomic E-state index is -0.0452. The van der Waals surface area contributed by atoms with Crippen molar-refractivity contribution in [3.63, 3.8) is 0 Å². The first kappa shape index (κ1) is 16.0. The van der Waals surface area contributed by atoms with Crippen molar-refractivity contribution in [1.82, 2.24) is 10.2 Å². The molecule has 0 unspecified atom stereocenters. The van der Waals surface area contributed by atoms with E-state index in [0.29, 0.717) is 5.56 Å². The normalized spacial score (nSPS) is 16.1. The van der Waals surface area contributed by atoms with Gasteiger partial charge in [0.15, 0.2) is 0 Å². The van der Waals surface area contributed by atoms with Gasteiger partial charge in [0.05, 0.1) is 0 Å². The highest BCUT2D eigenvalue weighted by atomic mass is 79.9. The van der Waals surface area contributed by atoms with Crippen LogP contribution in [-0.2, 0) is 4.79 Å². The Kier molecular flexibility index (Phi) is 5.39. The third-order valence-electron chi connectivity index (χ3n) is 3.74. The van der Waals surface area contributed by atoms with E-state index in [4.69, 9.17) is 0 Å². The van der Waals surface area contributed by atoms with Crippen LogP contribution in [0.4, 0.5) is 0 Å². The Morgan fingerprint density at radius 3 is 2.29 bits per heavy atom. The van der Waals surface area contributed by atoms with Crippen molar-refractivity contribution in [1.29, 1.82) is 0 Å². The molecule has 0 saturated carbocycles. The molecule has 5 heteroatoms. The number of hydrogen-bond donors (Lipinski definition) is 1.